The SMILES string of the molecule is CCOc1ccc(N2CC3CN(C(=O)NCC(C)O)CC3C2)cc1. The van der Waals surface area contributed by atoms with Crippen molar-refractivity contribution in [3.05, 3.63) is 24.3 Å². The molecule has 0 aliphatic carbocycles. The zero-order valence-corrected chi connectivity index (χ0v) is 14.4. The summed E-state index contributed by atoms with van der Waals surface area (Å²) in [4.78, 5) is 16.4. The van der Waals surface area contributed by atoms with Gasteiger partial charge in [0.2, 0.25) is 0 Å². The normalized spacial score (nSPS) is 24.0. The van der Waals surface area contributed by atoms with Gasteiger partial charge in [0.15, 0.2) is 0 Å². The Hall–Kier alpha value is -1.95. The van der Waals surface area contributed by atoms with Gasteiger partial charge in [0.25, 0.3) is 0 Å². The van der Waals surface area contributed by atoms with Crippen LogP contribution in [0, 0.1) is 11.8 Å². The second-order valence-corrected chi connectivity index (χ2v) is 6.79. The summed E-state index contributed by atoms with van der Waals surface area (Å²) < 4.78 is 5.49. The van der Waals surface area contributed by atoms with Crippen molar-refractivity contribution in [2.24, 2.45) is 11.8 Å². The molecule has 0 bridgehead atoms. The number of carbonyl (C=O) groups excluding carboxylic acids is 1. The van der Waals surface area contributed by atoms with Crippen LogP contribution in [0.2, 0.25) is 0 Å². The molecule has 2 aliphatic rings. The second-order valence-electron chi connectivity index (χ2n) is 6.79. The van der Waals surface area contributed by atoms with Crippen molar-refractivity contribution < 1.29 is 14.6 Å². The van der Waals surface area contributed by atoms with E-state index in [2.05, 4.69) is 22.3 Å². The molecule has 2 fully saturated rings. The van der Waals surface area contributed by atoms with Crippen LogP contribution in [0.5, 0.6) is 5.75 Å². The third-order valence-corrected chi connectivity index (χ3v) is 4.84. The summed E-state index contributed by atoms with van der Waals surface area (Å²) in [5, 5.41) is 12.1. The molecule has 132 valence electrons. The molecule has 3 atom stereocenters. The average molecular weight is 333 g/mol. The van der Waals surface area contributed by atoms with Crippen LogP contribution in [0.15, 0.2) is 24.3 Å². The number of benzene rings is 1. The van der Waals surface area contributed by atoms with Gasteiger partial charge in [0.1, 0.15) is 5.75 Å². The van der Waals surface area contributed by atoms with Crippen LogP contribution < -0.4 is 15.0 Å². The topological polar surface area (TPSA) is 65.0 Å². The van der Waals surface area contributed by atoms with Crippen LogP contribution in [0.25, 0.3) is 0 Å². The lowest BCUT2D eigenvalue weighted by Crippen LogP contribution is -2.42. The number of aliphatic hydroxyl groups excluding tert-OH is 1. The van der Waals surface area contributed by atoms with E-state index in [1.807, 2.05) is 24.0 Å². The molecule has 0 radical (unpaired) electrons. The van der Waals surface area contributed by atoms with Gasteiger partial charge < -0.3 is 25.0 Å². The highest BCUT2D eigenvalue weighted by Crippen LogP contribution is 2.34. The molecule has 2 amide bonds. The lowest BCUT2D eigenvalue weighted by molar-refractivity contribution is 0.175. The molecular weight excluding hydrogens is 306 g/mol. The van der Waals surface area contributed by atoms with E-state index in [4.69, 9.17) is 4.74 Å². The van der Waals surface area contributed by atoms with E-state index in [-0.39, 0.29) is 6.03 Å². The Labute approximate surface area is 143 Å². The number of nitrogens with zero attached hydrogens (tertiary/aromatic N) is 2. The first-order valence-electron chi connectivity index (χ1n) is 8.75. The monoisotopic (exact) mass is 333 g/mol. The fourth-order valence-electron chi connectivity index (χ4n) is 3.64. The molecule has 0 saturated carbocycles. The second kappa shape index (κ2) is 7.30. The zero-order valence-electron chi connectivity index (χ0n) is 14.4. The van der Waals surface area contributed by atoms with Crippen molar-refractivity contribution in [1.29, 1.82) is 0 Å². The minimum atomic E-state index is -0.508. The molecule has 2 aliphatic heterocycles. The zero-order chi connectivity index (χ0) is 17.1. The Balaban J connectivity index is 1.52. The summed E-state index contributed by atoms with van der Waals surface area (Å²) in [7, 11) is 0. The predicted molar refractivity (Wildman–Crippen MR) is 93.5 cm³/mol. The van der Waals surface area contributed by atoms with Gasteiger partial charge in [-0.2, -0.15) is 0 Å². The number of nitrogens with one attached hydrogen (secondary N) is 1. The Morgan fingerprint density at radius 1 is 1.25 bits per heavy atom. The van der Waals surface area contributed by atoms with Crippen molar-refractivity contribution in [3.8, 4) is 5.75 Å². The minimum absolute atomic E-state index is 0.0575. The third kappa shape index (κ3) is 3.75. The molecule has 2 N–H and O–H groups in total. The summed E-state index contributed by atoms with van der Waals surface area (Å²) >= 11 is 0. The van der Waals surface area contributed by atoms with E-state index in [1.54, 1.807) is 6.92 Å². The molecule has 2 saturated heterocycles. The van der Waals surface area contributed by atoms with Crippen LogP contribution in [-0.2, 0) is 0 Å². The number of fused-ring (bicyclic) bond motifs is 1. The standard InChI is InChI=1S/C18H27N3O3/c1-3-24-17-6-4-16(5-7-17)20-9-14-11-21(12-15(14)10-20)18(23)19-8-13(2)22/h4-7,13-15,22H,3,8-12H2,1-2H3,(H,19,23). The maximum absolute atomic E-state index is 12.1. The number of amides is 2. The van der Waals surface area contributed by atoms with Crippen molar-refractivity contribution in [2.75, 3.05) is 44.2 Å². The number of likely N-dealkylation sites (tertiary alicyclic amines) is 1. The molecule has 6 heteroatoms. The molecular formula is C18H27N3O3. The summed E-state index contributed by atoms with van der Waals surface area (Å²) in [6.45, 7) is 8.21. The quantitative estimate of drug-likeness (QED) is 0.858. The van der Waals surface area contributed by atoms with Crippen LogP contribution in [0.1, 0.15) is 13.8 Å². The lowest BCUT2D eigenvalue weighted by atomic mass is 10.0. The fourth-order valence-corrected chi connectivity index (χ4v) is 3.64. The number of hydrogen-bond donors (Lipinski definition) is 2. The molecule has 6 nitrogen and oxygen atoms in total. The van der Waals surface area contributed by atoms with Crippen LogP contribution in [0.4, 0.5) is 10.5 Å². The Morgan fingerprint density at radius 3 is 2.42 bits per heavy atom. The van der Waals surface area contributed by atoms with Crippen molar-refractivity contribution >= 4 is 11.7 Å². The van der Waals surface area contributed by atoms with E-state index in [0.717, 1.165) is 31.9 Å². The number of aliphatic hydroxyl groups is 1. The van der Waals surface area contributed by atoms with Gasteiger partial charge in [-0.1, -0.05) is 0 Å². The van der Waals surface area contributed by atoms with Crippen molar-refractivity contribution in [3.63, 3.8) is 0 Å². The number of carbonyl (C=O) groups is 1. The summed E-state index contributed by atoms with van der Waals surface area (Å²) in [6.07, 6.45) is -0.508. The van der Waals surface area contributed by atoms with Crippen molar-refractivity contribution in [1.82, 2.24) is 10.2 Å². The van der Waals surface area contributed by atoms with Crippen LogP contribution >= 0.6 is 0 Å². The van der Waals surface area contributed by atoms with Gasteiger partial charge in [-0.3, -0.25) is 0 Å². The highest BCUT2D eigenvalue weighted by atomic mass is 16.5. The van der Waals surface area contributed by atoms with Gasteiger partial charge >= 0.3 is 6.03 Å². The van der Waals surface area contributed by atoms with E-state index >= 15 is 0 Å². The molecule has 1 aromatic carbocycles. The fraction of sp³-hybridized carbons (Fsp3) is 0.611. The summed E-state index contributed by atoms with van der Waals surface area (Å²) in [5.74, 6) is 1.95. The maximum atomic E-state index is 12.1. The Bertz CT molecular complexity index is 547. The molecule has 2 heterocycles. The number of hydrogen-bond acceptors (Lipinski definition) is 4. The molecule has 3 unspecified atom stereocenters. The smallest absolute Gasteiger partial charge is 0.317 e. The molecule has 1 aromatic rings. The molecule has 0 spiro atoms. The molecule has 3 rings (SSSR count). The first-order valence-corrected chi connectivity index (χ1v) is 8.75. The van der Waals surface area contributed by atoms with Crippen molar-refractivity contribution in [2.45, 2.75) is 20.0 Å². The lowest BCUT2D eigenvalue weighted by Gasteiger charge is -2.23. The largest absolute Gasteiger partial charge is 0.494 e. The molecule has 24 heavy (non-hydrogen) atoms. The van der Waals surface area contributed by atoms with Gasteiger partial charge in [-0.25, -0.2) is 4.79 Å². The van der Waals surface area contributed by atoms with Crippen LogP contribution in [-0.4, -0.2) is 61.5 Å². The van der Waals surface area contributed by atoms with Gasteiger partial charge in [0.05, 0.1) is 12.7 Å². The minimum Gasteiger partial charge on any atom is -0.494 e. The first kappa shape index (κ1) is 16.9. The van der Waals surface area contributed by atoms with Gasteiger partial charge in [0, 0.05) is 50.2 Å². The third-order valence-electron chi connectivity index (χ3n) is 4.84. The van der Waals surface area contributed by atoms with E-state index in [9.17, 15) is 9.90 Å². The van der Waals surface area contributed by atoms with E-state index in [1.165, 1.54) is 5.69 Å². The predicted octanol–water partition coefficient (Wildman–Crippen LogP) is 1.54. The number of ether oxygens (including phenoxy) is 1. The Morgan fingerprint density at radius 2 is 1.88 bits per heavy atom. The summed E-state index contributed by atoms with van der Waals surface area (Å²) in [5.41, 5.74) is 1.22. The van der Waals surface area contributed by atoms with E-state index < -0.39 is 6.10 Å². The molecule has 0 aromatic heterocycles. The maximum Gasteiger partial charge on any atom is 0.317 e. The number of urea groups is 1. The van der Waals surface area contributed by atoms with Crippen LogP contribution in [0.3, 0.4) is 0 Å². The van der Waals surface area contributed by atoms with Gasteiger partial charge in [-0.05, 0) is 38.1 Å². The van der Waals surface area contributed by atoms with Gasteiger partial charge in [-0.15, -0.1) is 0 Å². The highest BCUT2D eigenvalue weighted by Gasteiger charge is 2.41. The first-order chi connectivity index (χ1) is 11.6. The number of anilines is 1. The average Bonchev–Trinajstić information content (AvgIpc) is 3.12. The Kier molecular flexibility index (Phi) is 5.14. The van der Waals surface area contributed by atoms with E-state index in [0.29, 0.717) is 25.0 Å². The number of rotatable bonds is 5. The highest BCUT2D eigenvalue weighted by molar-refractivity contribution is 5.74. The summed E-state index contributed by atoms with van der Waals surface area (Å²) in [6, 6.07) is 8.20.